The van der Waals surface area contributed by atoms with Crippen LogP contribution < -0.4 is 0 Å². The van der Waals surface area contributed by atoms with E-state index in [1.807, 2.05) is 11.7 Å². The summed E-state index contributed by atoms with van der Waals surface area (Å²) in [4.78, 5) is 12.4. The first-order valence-electron chi connectivity index (χ1n) is 7.25. The summed E-state index contributed by atoms with van der Waals surface area (Å²) < 4.78 is 2.88. The molecule has 1 aromatic heterocycles. The summed E-state index contributed by atoms with van der Waals surface area (Å²) in [5.41, 5.74) is 2.07. The molecule has 1 heterocycles. The van der Waals surface area contributed by atoms with Crippen molar-refractivity contribution in [1.82, 2.24) is 9.78 Å². The highest BCUT2D eigenvalue weighted by atomic mass is 79.9. The van der Waals surface area contributed by atoms with E-state index >= 15 is 0 Å². The standard InChI is InChI=1S/C15H23BrN2O/c1-4-12-15(16)13(18(3)17-12)9-14(19)11-7-5-10(2)6-8-11/h10-11H,4-9H2,1-3H3. The van der Waals surface area contributed by atoms with Crippen LogP contribution in [-0.4, -0.2) is 15.6 Å². The Kier molecular flexibility index (Phi) is 4.82. The van der Waals surface area contributed by atoms with Crippen molar-refractivity contribution in [2.75, 3.05) is 0 Å². The topological polar surface area (TPSA) is 34.9 Å². The van der Waals surface area contributed by atoms with Crippen molar-refractivity contribution >= 4 is 21.7 Å². The van der Waals surface area contributed by atoms with Gasteiger partial charge in [-0.3, -0.25) is 9.48 Å². The third-order valence-electron chi connectivity index (χ3n) is 4.32. The summed E-state index contributed by atoms with van der Waals surface area (Å²) in [6.07, 6.45) is 5.94. The zero-order chi connectivity index (χ0) is 14.0. The molecule has 4 heteroatoms. The number of rotatable bonds is 4. The number of ketones is 1. The van der Waals surface area contributed by atoms with E-state index in [2.05, 4.69) is 34.9 Å². The number of carbonyl (C=O) groups is 1. The number of aromatic nitrogens is 2. The lowest BCUT2D eigenvalue weighted by Gasteiger charge is -2.25. The van der Waals surface area contributed by atoms with E-state index in [0.717, 1.165) is 41.0 Å². The number of carbonyl (C=O) groups excluding carboxylic acids is 1. The molecule has 0 unspecified atom stereocenters. The van der Waals surface area contributed by atoms with Gasteiger partial charge >= 0.3 is 0 Å². The first-order chi connectivity index (χ1) is 9.02. The van der Waals surface area contributed by atoms with Crippen LogP contribution in [0.5, 0.6) is 0 Å². The van der Waals surface area contributed by atoms with Crippen molar-refractivity contribution in [3.05, 3.63) is 15.9 Å². The Balaban J connectivity index is 2.05. The maximum atomic E-state index is 12.4. The number of aryl methyl sites for hydroxylation is 2. The average molecular weight is 327 g/mol. The first kappa shape index (κ1) is 14.8. The Bertz CT molecular complexity index is 459. The second-order valence-electron chi connectivity index (χ2n) is 5.78. The van der Waals surface area contributed by atoms with E-state index in [1.54, 1.807) is 0 Å². The number of halogens is 1. The third-order valence-corrected chi connectivity index (χ3v) is 5.23. The predicted molar refractivity (Wildman–Crippen MR) is 80.1 cm³/mol. The highest BCUT2D eigenvalue weighted by molar-refractivity contribution is 9.10. The molecule has 0 saturated heterocycles. The minimum Gasteiger partial charge on any atom is -0.299 e. The van der Waals surface area contributed by atoms with E-state index in [9.17, 15) is 4.79 Å². The van der Waals surface area contributed by atoms with Gasteiger partial charge in [-0.25, -0.2) is 0 Å². The van der Waals surface area contributed by atoms with Gasteiger partial charge in [-0.2, -0.15) is 5.10 Å². The van der Waals surface area contributed by atoms with Crippen LogP contribution in [-0.2, 0) is 24.7 Å². The van der Waals surface area contributed by atoms with Gasteiger partial charge in [-0.05, 0) is 41.1 Å². The minimum absolute atomic E-state index is 0.267. The van der Waals surface area contributed by atoms with Crippen LogP contribution in [0.1, 0.15) is 50.9 Å². The van der Waals surface area contributed by atoms with Crippen LogP contribution in [0.25, 0.3) is 0 Å². The number of Topliss-reactive ketones (excluding diaryl/α,β-unsaturated/α-hetero) is 1. The van der Waals surface area contributed by atoms with Crippen LogP contribution >= 0.6 is 15.9 Å². The van der Waals surface area contributed by atoms with E-state index in [4.69, 9.17) is 0 Å². The average Bonchev–Trinajstić information content (AvgIpc) is 2.67. The van der Waals surface area contributed by atoms with Gasteiger partial charge in [0.15, 0.2) is 0 Å². The number of hydrogen-bond donors (Lipinski definition) is 0. The summed E-state index contributed by atoms with van der Waals surface area (Å²) in [6, 6.07) is 0. The zero-order valence-electron chi connectivity index (χ0n) is 12.1. The van der Waals surface area contributed by atoms with Crippen LogP contribution in [0, 0.1) is 11.8 Å². The molecule has 0 amide bonds. The van der Waals surface area contributed by atoms with Crippen molar-refractivity contribution in [3.8, 4) is 0 Å². The molecule has 0 aliphatic heterocycles. The van der Waals surface area contributed by atoms with Crippen LogP contribution in [0.4, 0.5) is 0 Å². The Morgan fingerprint density at radius 2 is 2.00 bits per heavy atom. The Hall–Kier alpha value is -0.640. The molecule has 0 N–H and O–H groups in total. The van der Waals surface area contributed by atoms with Gasteiger partial charge in [-0.1, -0.05) is 26.7 Å². The van der Waals surface area contributed by atoms with Crippen LogP contribution in [0.15, 0.2) is 4.47 Å². The Labute approximate surface area is 123 Å². The van der Waals surface area contributed by atoms with Gasteiger partial charge in [0.05, 0.1) is 15.9 Å². The van der Waals surface area contributed by atoms with Crippen molar-refractivity contribution < 1.29 is 4.79 Å². The molecule has 0 spiro atoms. The molecule has 1 aromatic rings. The maximum Gasteiger partial charge on any atom is 0.141 e. The van der Waals surface area contributed by atoms with E-state index in [1.165, 1.54) is 12.8 Å². The lowest BCUT2D eigenvalue weighted by molar-refractivity contribution is -0.123. The van der Waals surface area contributed by atoms with Crippen molar-refractivity contribution in [2.24, 2.45) is 18.9 Å². The molecule has 0 radical (unpaired) electrons. The number of nitrogens with zero attached hydrogens (tertiary/aromatic N) is 2. The second-order valence-corrected chi connectivity index (χ2v) is 6.58. The normalized spacial score (nSPS) is 23.6. The molecule has 19 heavy (non-hydrogen) atoms. The van der Waals surface area contributed by atoms with Gasteiger partial charge in [0.1, 0.15) is 5.78 Å². The van der Waals surface area contributed by atoms with Gasteiger partial charge in [-0.15, -0.1) is 0 Å². The summed E-state index contributed by atoms with van der Waals surface area (Å²) >= 11 is 3.59. The maximum absolute atomic E-state index is 12.4. The summed E-state index contributed by atoms with van der Waals surface area (Å²) in [6.45, 7) is 4.37. The largest absolute Gasteiger partial charge is 0.299 e. The van der Waals surface area contributed by atoms with E-state index in [-0.39, 0.29) is 5.92 Å². The molecule has 0 aromatic carbocycles. The van der Waals surface area contributed by atoms with Crippen molar-refractivity contribution in [2.45, 2.75) is 52.4 Å². The lowest BCUT2D eigenvalue weighted by Crippen LogP contribution is -2.23. The molecule has 1 fully saturated rings. The summed E-state index contributed by atoms with van der Waals surface area (Å²) in [7, 11) is 1.93. The lowest BCUT2D eigenvalue weighted by atomic mass is 9.80. The van der Waals surface area contributed by atoms with Crippen LogP contribution in [0.2, 0.25) is 0 Å². The molecule has 2 rings (SSSR count). The Morgan fingerprint density at radius 3 is 2.53 bits per heavy atom. The second kappa shape index (κ2) is 6.21. The Morgan fingerprint density at radius 1 is 1.37 bits per heavy atom. The fourth-order valence-electron chi connectivity index (χ4n) is 2.90. The third kappa shape index (κ3) is 3.28. The summed E-state index contributed by atoms with van der Waals surface area (Å²) in [5, 5.41) is 4.46. The molecular formula is C15H23BrN2O. The molecule has 1 saturated carbocycles. The predicted octanol–water partition coefficient (Wildman–Crippen LogP) is 3.68. The van der Waals surface area contributed by atoms with Gasteiger partial charge in [0.2, 0.25) is 0 Å². The molecule has 1 aliphatic carbocycles. The fourth-order valence-corrected chi connectivity index (χ4v) is 3.66. The van der Waals surface area contributed by atoms with E-state index in [0.29, 0.717) is 12.2 Å². The highest BCUT2D eigenvalue weighted by Crippen LogP contribution is 2.30. The minimum atomic E-state index is 0.267. The number of hydrogen-bond acceptors (Lipinski definition) is 2. The summed E-state index contributed by atoms with van der Waals surface area (Å²) in [5.74, 6) is 1.44. The monoisotopic (exact) mass is 326 g/mol. The van der Waals surface area contributed by atoms with Crippen LogP contribution in [0.3, 0.4) is 0 Å². The van der Waals surface area contributed by atoms with Gasteiger partial charge in [0, 0.05) is 19.4 Å². The molecule has 0 bridgehead atoms. The van der Waals surface area contributed by atoms with Gasteiger partial charge < -0.3 is 0 Å². The highest BCUT2D eigenvalue weighted by Gasteiger charge is 2.26. The van der Waals surface area contributed by atoms with E-state index < -0.39 is 0 Å². The van der Waals surface area contributed by atoms with Gasteiger partial charge in [0.25, 0.3) is 0 Å². The zero-order valence-corrected chi connectivity index (χ0v) is 13.7. The smallest absolute Gasteiger partial charge is 0.141 e. The molecule has 3 nitrogen and oxygen atoms in total. The SMILES string of the molecule is CCc1nn(C)c(CC(=O)C2CCC(C)CC2)c1Br. The molecule has 1 aliphatic rings. The van der Waals surface area contributed by atoms with Crippen molar-refractivity contribution in [3.63, 3.8) is 0 Å². The molecule has 0 atom stereocenters. The molecular weight excluding hydrogens is 304 g/mol. The first-order valence-corrected chi connectivity index (χ1v) is 8.05. The molecule has 106 valence electrons. The van der Waals surface area contributed by atoms with Crippen molar-refractivity contribution in [1.29, 1.82) is 0 Å². The quantitative estimate of drug-likeness (QED) is 0.845. The fraction of sp³-hybridized carbons (Fsp3) is 0.733.